The van der Waals surface area contributed by atoms with E-state index in [0.29, 0.717) is 0 Å². The number of benzene rings is 6. The van der Waals surface area contributed by atoms with E-state index >= 15 is 0 Å². The van der Waals surface area contributed by atoms with Gasteiger partial charge in [-0.25, -0.2) is 0 Å². The van der Waals surface area contributed by atoms with Gasteiger partial charge in [0.1, 0.15) is 0 Å². The Labute approximate surface area is 296 Å². The van der Waals surface area contributed by atoms with Crippen LogP contribution in [0.25, 0.3) is 32.7 Å². The van der Waals surface area contributed by atoms with Gasteiger partial charge < -0.3 is 0 Å². The van der Waals surface area contributed by atoms with Crippen LogP contribution in [0, 0.1) is 0 Å². The van der Waals surface area contributed by atoms with Crippen LogP contribution in [0.1, 0.15) is 12.8 Å². The zero-order chi connectivity index (χ0) is 32.5. The average Bonchev–Trinajstić information content (AvgIpc) is 3.14. The van der Waals surface area contributed by atoms with E-state index in [0.717, 1.165) is 38.7 Å². The Morgan fingerprint density at radius 1 is 0.542 bits per heavy atom. The number of rotatable bonds is 7. The lowest BCUT2D eigenvalue weighted by atomic mass is 9.93. The van der Waals surface area contributed by atoms with E-state index in [9.17, 15) is 0 Å². The molecule has 0 N–H and O–H groups in total. The van der Waals surface area contributed by atoms with Crippen molar-refractivity contribution in [3.8, 4) is 11.1 Å². The topological polar surface area (TPSA) is 0 Å². The molecule has 0 nitrogen and oxygen atoms in total. The van der Waals surface area contributed by atoms with Crippen LogP contribution in [0.5, 0.6) is 0 Å². The summed E-state index contributed by atoms with van der Waals surface area (Å²) in [6, 6.07) is 44.5. The molecule has 0 amide bonds. The highest BCUT2D eigenvalue weighted by Gasteiger charge is 2.29. The van der Waals surface area contributed by atoms with E-state index in [2.05, 4.69) is 163 Å². The van der Waals surface area contributed by atoms with Crippen LogP contribution in [0.3, 0.4) is 0 Å². The normalized spacial score (nSPS) is 15.0. The van der Waals surface area contributed by atoms with E-state index < -0.39 is 15.8 Å². The third-order valence-corrected chi connectivity index (χ3v) is 14.8. The zero-order valence-electron chi connectivity index (χ0n) is 26.2. The highest BCUT2D eigenvalue weighted by Crippen LogP contribution is 2.53. The molecule has 0 saturated carbocycles. The molecule has 2 aliphatic carbocycles. The molecule has 2 atom stereocenters. The summed E-state index contributed by atoms with van der Waals surface area (Å²) in [5.41, 5.74) is 9.36. The quantitative estimate of drug-likeness (QED) is 0.0932. The first-order valence-corrected chi connectivity index (χ1v) is 19.7. The molecular weight excluding hydrogens is 655 g/mol. The van der Waals surface area contributed by atoms with Crippen LogP contribution >= 0.6 is 41.1 Å². The van der Waals surface area contributed by atoms with Crippen molar-refractivity contribution in [3.63, 3.8) is 0 Å². The summed E-state index contributed by atoms with van der Waals surface area (Å²) >= 11 is 10.0. The SMILES string of the molecule is Sc1cccc2c(-c3c(P(C4=CC=CCC4)c4ccccc4)ccc4c(S)cccc34)c(P(C3=C=C=CC=C3)c3ccccc3)ccc12. The van der Waals surface area contributed by atoms with Gasteiger partial charge in [0.25, 0.3) is 0 Å². The molecule has 8 rings (SSSR count). The first-order valence-electron chi connectivity index (χ1n) is 16.1. The number of thiol groups is 2. The number of allylic oxidation sites excluding steroid dienone is 8. The molecule has 48 heavy (non-hydrogen) atoms. The predicted molar refractivity (Wildman–Crippen MR) is 217 cm³/mol. The van der Waals surface area contributed by atoms with Crippen LogP contribution in [0.15, 0.2) is 190 Å². The van der Waals surface area contributed by atoms with Crippen molar-refractivity contribution in [2.24, 2.45) is 0 Å². The van der Waals surface area contributed by atoms with Crippen LogP contribution in [-0.4, -0.2) is 0 Å². The van der Waals surface area contributed by atoms with E-state index in [1.165, 1.54) is 48.4 Å². The number of hydrogen-bond donors (Lipinski definition) is 2. The maximum absolute atomic E-state index is 5.01. The molecule has 0 radical (unpaired) electrons. The highest BCUT2D eigenvalue weighted by atomic mass is 32.1. The first kappa shape index (κ1) is 31.2. The Hall–Kier alpha value is -4.08. The van der Waals surface area contributed by atoms with Gasteiger partial charge in [-0.2, -0.15) is 0 Å². The summed E-state index contributed by atoms with van der Waals surface area (Å²) in [5, 5.41) is 12.7. The summed E-state index contributed by atoms with van der Waals surface area (Å²) in [7, 11) is -1.83. The molecule has 0 bridgehead atoms. The van der Waals surface area contributed by atoms with Gasteiger partial charge in [0.2, 0.25) is 0 Å². The fourth-order valence-electron chi connectivity index (χ4n) is 6.83. The summed E-state index contributed by atoms with van der Waals surface area (Å²) in [6.07, 6.45) is 15.2. The smallest absolute Gasteiger partial charge is 0.0348 e. The summed E-state index contributed by atoms with van der Waals surface area (Å²) in [4.78, 5) is 1.96. The van der Waals surface area contributed by atoms with Crippen LogP contribution in [0.4, 0.5) is 0 Å². The molecule has 2 unspecified atom stereocenters. The minimum absolute atomic E-state index is 0.840. The number of hydrogen-bond acceptors (Lipinski definition) is 2. The Balaban J connectivity index is 1.55. The van der Waals surface area contributed by atoms with Gasteiger partial charge in [0.15, 0.2) is 0 Å². The van der Waals surface area contributed by atoms with Crippen molar-refractivity contribution in [3.05, 3.63) is 180 Å². The minimum atomic E-state index is -0.986. The van der Waals surface area contributed by atoms with Gasteiger partial charge in [-0.15, -0.1) is 25.3 Å². The monoisotopic (exact) mass is 686 g/mol. The van der Waals surface area contributed by atoms with E-state index in [-0.39, 0.29) is 0 Å². The van der Waals surface area contributed by atoms with Crippen molar-refractivity contribution in [1.29, 1.82) is 0 Å². The molecule has 0 aromatic heterocycles. The second kappa shape index (κ2) is 13.8. The third-order valence-electron chi connectivity index (χ3n) is 8.95. The molecule has 0 heterocycles. The van der Waals surface area contributed by atoms with E-state index in [1.54, 1.807) is 0 Å². The molecule has 0 spiro atoms. The van der Waals surface area contributed by atoms with Crippen molar-refractivity contribution in [2.75, 3.05) is 0 Å². The molecule has 0 fully saturated rings. The summed E-state index contributed by atoms with van der Waals surface area (Å²) in [6.45, 7) is 0. The van der Waals surface area contributed by atoms with Crippen molar-refractivity contribution >= 4 is 83.9 Å². The van der Waals surface area contributed by atoms with E-state index in [1.807, 2.05) is 6.08 Å². The van der Waals surface area contributed by atoms with Gasteiger partial charge in [0.05, 0.1) is 0 Å². The van der Waals surface area contributed by atoms with Crippen LogP contribution in [0.2, 0.25) is 0 Å². The second-order valence-electron chi connectivity index (χ2n) is 11.8. The molecule has 6 aromatic carbocycles. The lowest BCUT2D eigenvalue weighted by Crippen LogP contribution is -2.21. The van der Waals surface area contributed by atoms with E-state index in [4.69, 9.17) is 25.3 Å². The summed E-state index contributed by atoms with van der Waals surface area (Å²) in [5.74, 6) is 0. The second-order valence-corrected chi connectivity index (χ2v) is 17.2. The van der Waals surface area contributed by atoms with Crippen molar-refractivity contribution in [1.82, 2.24) is 0 Å². The van der Waals surface area contributed by atoms with Gasteiger partial charge in [-0.1, -0.05) is 145 Å². The highest BCUT2D eigenvalue weighted by molar-refractivity contribution is 7.80. The lowest BCUT2D eigenvalue weighted by molar-refractivity contribution is 1.02. The Morgan fingerprint density at radius 3 is 1.67 bits per heavy atom. The average molecular weight is 687 g/mol. The Kier molecular flexibility index (Phi) is 8.97. The largest absolute Gasteiger partial charge is 0.143 e. The first-order chi connectivity index (χ1) is 23.7. The molecular formula is C44H32P2S2. The molecule has 230 valence electrons. The van der Waals surface area contributed by atoms with Gasteiger partial charge in [-0.05, 0) is 112 Å². The standard InChI is InChI=1S/C44H32P2S2/c47-41-25-13-23-37-35(41)27-29-39(45(31-15-5-1-6-16-31)32-17-7-2-8-18-32)43(37)44-38-24-14-26-42(48)36(38)28-30-40(44)46(33-19-9-3-10-20-33)34-21-11-4-12-22-34/h1-7,9-11,13-17,19-21,23-30,47-48H,8,18H2. The Bertz CT molecular complexity index is 2390. The molecule has 0 saturated heterocycles. The van der Waals surface area contributed by atoms with Crippen LogP contribution in [-0.2, 0) is 0 Å². The predicted octanol–water partition coefficient (Wildman–Crippen LogP) is 11.1. The zero-order valence-corrected chi connectivity index (χ0v) is 29.8. The van der Waals surface area contributed by atoms with Gasteiger partial charge in [-0.3, -0.25) is 0 Å². The maximum atomic E-state index is 5.01. The van der Waals surface area contributed by atoms with Gasteiger partial charge in [0, 0.05) is 15.1 Å². The third kappa shape index (κ3) is 5.81. The van der Waals surface area contributed by atoms with Crippen LogP contribution < -0.4 is 21.2 Å². The van der Waals surface area contributed by atoms with Gasteiger partial charge >= 0.3 is 0 Å². The molecule has 4 heteroatoms. The van der Waals surface area contributed by atoms with Crippen molar-refractivity contribution < 1.29 is 0 Å². The lowest BCUT2D eigenvalue weighted by Gasteiger charge is -2.30. The maximum Gasteiger partial charge on any atom is 0.0348 e. The summed E-state index contributed by atoms with van der Waals surface area (Å²) < 4.78 is 0. The fourth-order valence-corrected chi connectivity index (χ4v) is 12.4. The molecule has 6 aromatic rings. The molecule has 2 aliphatic rings. The minimum Gasteiger partial charge on any atom is -0.143 e. The number of fused-ring (bicyclic) bond motifs is 2. The Morgan fingerprint density at radius 2 is 1.12 bits per heavy atom. The van der Waals surface area contributed by atoms with Crippen molar-refractivity contribution in [2.45, 2.75) is 22.6 Å². The fraction of sp³-hybridized carbons (Fsp3) is 0.0455. The molecule has 0 aliphatic heterocycles.